The molecule has 4 rings (SSSR count). The Morgan fingerprint density at radius 1 is 0.718 bits per heavy atom. The van der Waals surface area contributed by atoms with Crippen LogP contribution < -0.4 is 9.47 Å². The average molecular weight is 551 g/mol. The summed E-state index contributed by atoms with van der Waals surface area (Å²) in [5, 5.41) is 0. The standard InChI is InChI=1S/C31H38F4O4/c1-3-5-18-38-26-17-15-24(28(33)30(26)35)20-10-12-22(13-11-20)39-31(36)21-8-6-19(7-9-21)23-14-16-25(37-4-2)29(34)27(23)32/h14-17,19-22H,3-13,18H2,1-2H3. The SMILES string of the molecule is CCCCOc1ccc(C2CCC(OC(=O)C3CCC(c4ccc(OCC)c(F)c4F)CC3)CC2)c(F)c1F. The first kappa shape index (κ1) is 29.2. The Bertz CT molecular complexity index is 1120. The molecule has 2 aliphatic rings. The Labute approximate surface area is 228 Å². The first-order valence-corrected chi connectivity index (χ1v) is 14.3. The Kier molecular flexibility index (Phi) is 10.1. The van der Waals surface area contributed by atoms with Crippen LogP contribution in [0, 0.1) is 29.2 Å². The topological polar surface area (TPSA) is 44.8 Å². The molecule has 0 amide bonds. The highest BCUT2D eigenvalue weighted by atomic mass is 19.2. The van der Waals surface area contributed by atoms with E-state index in [1.54, 1.807) is 19.1 Å². The molecule has 0 aromatic heterocycles. The number of halogens is 4. The molecule has 0 spiro atoms. The summed E-state index contributed by atoms with van der Waals surface area (Å²) in [6, 6.07) is 6.14. The average Bonchev–Trinajstić information content (AvgIpc) is 2.95. The van der Waals surface area contributed by atoms with Gasteiger partial charge in [-0.05, 0) is 99.8 Å². The van der Waals surface area contributed by atoms with Crippen molar-refractivity contribution in [3.8, 4) is 11.5 Å². The predicted octanol–water partition coefficient (Wildman–Crippen LogP) is 8.36. The lowest BCUT2D eigenvalue weighted by atomic mass is 9.78. The summed E-state index contributed by atoms with van der Waals surface area (Å²) in [6.07, 6.45) is 6.01. The van der Waals surface area contributed by atoms with Crippen LogP contribution in [0.15, 0.2) is 24.3 Å². The van der Waals surface area contributed by atoms with E-state index in [4.69, 9.17) is 14.2 Å². The van der Waals surface area contributed by atoms with Gasteiger partial charge in [0.1, 0.15) is 6.10 Å². The molecule has 2 aliphatic carbocycles. The summed E-state index contributed by atoms with van der Waals surface area (Å²) in [4.78, 5) is 12.8. The van der Waals surface area contributed by atoms with E-state index < -0.39 is 23.3 Å². The lowest BCUT2D eigenvalue weighted by Crippen LogP contribution is -2.30. The van der Waals surface area contributed by atoms with Gasteiger partial charge in [-0.15, -0.1) is 0 Å². The van der Waals surface area contributed by atoms with Crippen LogP contribution in [0.1, 0.15) is 101 Å². The molecule has 0 radical (unpaired) electrons. The molecule has 0 saturated heterocycles. The Morgan fingerprint density at radius 3 is 1.74 bits per heavy atom. The van der Waals surface area contributed by atoms with Crippen molar-refractivity contribution in [3.05, 3.63) is 58.7 Å². The molecular formula is C31H38F4O4. The fraction of sp³-hybridized carbons (Fsp3) is 0.581. The van der Waals surface area contributed by atoms with Gasteiger partial charge in [0.15, 0.2) is 23.1 Å². The minimum Gasteiger partial charge on any atom is -0.491 e. The van der Waals surface area contributed by atoms with Crippen LogP contribution >= 0.6 is 0 Å². The Balaban J connectivity index is 1.25. The predicted molar refractivity (Wildman–Crippen MR) is 140 cm³/mol. The maximum atomic E-state index is 14.8. The van der Waals surface area contributed by atoms with Crippen LogP contribution in [0.4, 0.5) is 17.6 Å². The van der Waals surface area contributed by atoms with Crippen LogP contribution in [-0.2, 0) is 9.53 Å². The van der Waals surface area contributed by atoms with Crippen LogP contribution in [0.5, 0.6) is 11.5 Å². The van der Waals surface area contributed by atoms with E-state index in [2.05, 4.69) is 0 Å². The van der Waals surface area contributed by atoms with Gasteiger partial charge in [0.05, 0.1) is 19.1 Å². The lowest BCUT2D eigenvalue weighted by Gasteiger charge is -2.32. The van der Waals surface area contributed by atoms with E-state index in [9.17, 15) is 22.4 Å². The van der Waals surface area contributed by atoms with Gasteiger partial charge in [0.2, 0.25) is 11.6 Å². The number of hydrogen-bond acceptors (Lipinski definition) is 4. The minimum atomic E-state index is -0.967. The number of benzene rings is 2. The summed E-state index contributed by atoms with van der Waals surface area (Å²) in [5.74, 6) is -4.63. The van der Waals surface area contributed by atoms with Crippen LogP contribution in [0.25, 0.3) is 0 Å². The highest BCUT2D eigenvalue weighted by Crippen LogP contribution is 2.41. The van der Waals surface area contributed by atoms with Crippen LogP contribution in [-0.4, -0.2) is 25.3 Å². The first-order chi connectivity index (χ1) is 18.8. The molecule has 0 unspecified atom stereocenters. The van der Waals surface area contributed by atoms with E-state index in [-0.39, 0.29) is 47.9 Å². The second kappa shape index (κ2) is 13.5. The van der Waals surface area contributed by atoms with E-state index >= 15 is 0 Å². The third-order valence-corrected chi connectivity index (χ3v) is 8.11. The maximum absolute atomic E-state index is 14.8. The molecule has 2 aromatic carbocycles. The fourth-order valence-corrected chi connectivity index (χ4v) is 5.82. The lowest BCUT2D eigenvalue weighted by molar-refractivity contribution is -0.157. The number of ether oxygens (including phenoxy) is 3. The fourth-order valence-electron chi connectivity index (χ4n) is 5.82. The molecule has 214 valence electrons. The van der Waals surface area contributed by atoms with Crippen molar-refractivity contribution in [2.75, 3.05) is 13.2 Å². The summed E-state index contributed by atoms with van der Waals surface area (Å²) in [5.41, 5.74) is 0.668. The van der Waals surface area contributed by atoms with E-state index in [1.807, 2.05) is 6.92 Å². The number of hydrogen-bond donors (Lipinski definition) is 0. The summed E-state index contributed by atoms with van der Waals surface area (Å²) in [6.45, 7) is 4.31. The quantitative estimate of drug-likeness (QED) is 0.169. The third-order valence-electron chi connectivity index (χ3n) is 8.11. The molecule has 0 atom stereocenters. The normalized spacial score (nSPS) is 23.3. The minimum absolute atomic E-state index is 0.0579. The van der Waals surface area contributed by atoms with E-state index in [0.717, 1.165) is 12.8 Å². The van der Waals surface area contributed by atoms with Crippen molar-refractivity contribution in [1.82, 2.24) is 0 Å². The van der Waals surface area contributed by atoms with Gasteiger partial charge in [-0.1, -0.05) is 25.5 Å². The van der Waals surface area contributed by atoms with Crippen molar-refractivity contribution >= 4 is 5.97 Å². The molecule has 0 heterocycles. The molecule has 0 N–H and O–H groups in total. The monoisotopic (exact) mass is 550 g/mol. The summed E-state index contributed by atoms with van der Waals surface area (Å²) >= 11 is 0. The molecule has 4 nitrogen and oxygen atoms in total. The molecule has 0 bridgehead atoms. The molecule has 39 heavy (non-hydrogen) atoms. The van der Waals surface area contributed by atoms with Crippen molar-refractivity contribution in [2.45, 2.75) is 96.0 Å². The molecule has 0 aliphatic heterocycles. The number of esters is 1. The second-order valence-electron chi connectivity index (χ2n) is 10.7. The van der Waals surface area contributed by atoms with Gasteiger partial charge in [0.25, 0.3) is 0 Å². The van der Waals surface area contributed by atoms with Crippen LogP contribution in [0.3, 0.4) is 0 Å². The van der Waals surface area contributed by atoms with Crippen LogP contribution in [0.2, 0.25) is 0 Å². The highest BCUT2D eigenvalue weighted by Gasteiger charge is 2.33. The number of unbranched alkanes of at least 4 members (excludes halogenated alkanes) is 1. The van der Waals surface area contributed by atoms with E-state index in [1.165, 1.54) is 12.1 Å². The van der Waals surface area contributed by atoms with Gasteiger partial charge in [-0.3, -0.25) is 4.79 Å². The molecule has 2 saturated carbocycles. The van der Waals surface area contributed by atoms with Gasteiger partial charge < -0.3 is 14.2 Å². The first-order valence-electron chi connectivity index (χ1n) is 14.3. The molecular weight excluding hydrogens is 512 g/mol. The Morgan fingerprint density at radius 2 is 1.23 bits per heavy atom. The zero-order valence-electron chi connectivity index (χ0n) is 22.7. The van der Waals surface area contributed by atoms with Crippen molar-refractivity contribution < 1.29 is 36.6 Å². The van der Waals surface area contributed by atoms with E-state index in [0.29, 0.717) is 69.1 Å². The van der Waals surface area contributed by atoms with Gasteiger partial charge in [0, 0.05) is 0 Å². The zero-order chi connectivity index (χ0) is 27.9. The third kappa shape index (κ3) is 6.87. The van der Waals surface area contributed by atoms with Gasteiger partial charge >= 0.3 is 5.97 Å². The largest absolute Gasteiger partial charge is 0.491 e. The van der Waals surface area contributed by atoms with Crippen molar-refractivity contribution in [3.63, 3.8) is 0 Å². The molecule has 2 aromatic rings. The van der Waals surface area contributed by atoms with Crippen molar-refractivity contribution in [1.29, 1.82) is 0 Å². The smallest absolute Gasteiger partial charge is 0.309 e. The van der Waals surface area contributed by atoms with Gasteiger partial charge in [-0.2, -0.15) is 8.78 Å². The number of rotatable bonds is 10. The number of carbonyl (C=O) groups is 1. The molecule has 8 heteroatoms. The number of carbonyl (C=O) groups excluding carboxylic acids is 1. The Hall–Kier alpha value is -2.77. The zero-order valence-corrected chi connectivity index (χ0v) is 22.7. The van der Waals surface area contributed by atoms with Crippen molar-refractivity contribution in [2.24, 2.45) is 5.92 Å². The summed E-state index contributed by atoms with van der Waals surface area (Å²) in [7, 11) is 0. The highest BCUT2D eigenvalue weighted by molar-refractivity contribution is 5.72. The summed E-state index contributed by atoms with van der Waals surface area (Å²) < 4.78 is 74.5. The van der Waals surface area contributed by atoms with Gasteiger partial charge in [-0.25, -0.2) is 8.78 Å². The maximum Gasteiger partial charge on any atom is 0.309 e. The molecule has 2 fully saturated rings. The second-order valence-corrected chi connectivity index (χ2v) is 10.7.